The molecule has 1 aromatic carbocycles. The minimum atomic E-state index is 0.260. The Morgan fingerprint density at radius 3 is 3.00 bits per heavy atom. The SMILES string of the molecule is CCc1ccccc1C1CNCO1. The number of hydrogen-bond donors (Lipinski definition) is 1. The standard InChI is InChI=1S/C11H15NO/c1-2-9-5-3-4-6-10(9)11-7-12-8-13-11/h3-6,11-12H,2,7-8H2,1H3. The molecule has 13 heavy (non-hydrogen) atoms. The van der Waals surface area contributed by atoms with E-state index in [1.54, 1.807) is 0 Å². The third kappa shape index (κ3) is 1.74. The second-order valence-electron chi connectivity index (χ2n) is 3.31. The van der Waals surface area contributed by atoms with E-state index in [-0.39, 0.29) is 6.10 Å². The molecule has 0 bridgehead atoms. The Morgan fingerprint density at radius 1 is 1.46 bits per heavy atom. The van der Waals surface area contributed by atoms with Gasteiger partial charge in [0.05, 0.1) is 12.8 Å². The number of aryl methyl sites for hydroxylation is 1. The van der Waals surface area contributed by atoms with E-state index < -0.39 is 0 Å². The zero-order valence-electron chi connectivity index (χ0n) is 7.92. The molecular formula is C11H15NO. The molecule has 1 atom stereocenters. The van der Waals surface area contributed by atoms with Gasteiger partial charge >= 0.3 is 0 Å². The summed E-state index contributed by atoms with van der Waals surface area (Å²) in [6.45, 7) is 3.81. The Balaban J connectivity index is 2.26. The van der Waals surface area contributed by atoms with Gasteiger partial charge in [-0.3, -0.25) is 5.32 Å². The lowest BCUT2D eigenvalue weighted by Crippen LogP contribution is -2.09. The Morgan fingerprint density at radius 2 is 2.31 bits per heavy atom. The highest BCUT2D eigenvalue weighted by Crippen LogP contribution is 2.23. The number of ether oxygens (including phenoxy) is 1. The predicted molar refractivity (Wildman–Crippen MR) is 52.5 cm³/mol. The number of hydrogen-bond acceptors (Lipinski definition) is 2. The van der Waals surface area contributed by atoms with Gasteiger partial charge < -0.3 is 4.74 Å². The normalized spacial score (nSPS) is 22.1. The van der Waals surface area contributed by atoms with Crippen molar-refractivity contribution in [3.63, 3.8) is 0 Å². The van der Waals surface area contributed by atoms with Crippen molar-refractivity contribution in [2.24, 2.45) is 0 Å². The molecule has 1 fully saturated rings. The van der Waals surface area contributed by atoms with E-state index >= 15 is 0 Å². The molecule has 0 amide bonds. The summed E-state index contributed by atoms with van der Waals surface area (Å²) in [5.74, 6) is 0. The van der Waals surface area contributed by atoms with E-state index in [1.165, 1.54) is 11.1 Å². The van der Waals surface area contributed by atoms with Crippen LogP contribution >= 0.6 is 0 Å². The van der Waals surface area contributed by atoms with E-state index in [0.29, 0.717) is 6.73 Å². The highest BCUT2D eigenvalue weighted by Gasteiger charge is 2.18. The van der Waals surface area contributed by atoms with Crippen LogP contribution < -0.4 is 5.32 Å². The van der Waals surface area contributed by atoms with E-state index in [1.807, 2.05) is 0 Å². The molecule has 2 heteroatoms. The average Bonchev–Trinajstić information content (AvgIpc) is 2.70. The molecule has 0 radical (unpaired) electrons. The second kappa shape index (κ2) is 3.90. The molecule has 0 aliphatic carbocycles. The van der Waals surface area contributed by atoms with Crippen LogP contribution in [0.2, 0.25) is 0 Å². The van der Waals surface area contributed by atoms with Crippen molar-refractivity contribution in [3.8, 4) is 0 Å². The maximum Gasteiger partial charge on any atom is 0.0975 e. The van der Waals surface area contributed by atoms with Crippen molar-refractivity contribution >= 4 is 0 Å². The van der Waals surface area contributed by atoms with Crippen molar-refractivity contribution in [2.75, 3.05) is 13.3 Å². The van der Waals surface area contributed by atoms with Crippen LogP contribution in [0.3, 0.4) is 0 Å². The quantitative estimate of drug-likeness (QED) is 0.744. The first-order chi connectivity index (χ1) is 6.42. The Bertz CT molecular complexity index is 279. The monoisotopic (exact) mass is 177 g/mol. The number of benzene rings is 1. The van der Waals surface area contributed by atoms with Crippen LogP contribution in [0.1, 0.15) is 24.2 Å². The summed E-state index contributed by atoms with van der Waals surface area (Å²) < 4.78 is 5.57. The van der Waals surface area contributed by atoms with Crippen molar-refractivity contribution in [1.82, 2.24) is 5.32 Å². The Labute approximate surface area is 78.9 Å². The lowest BCUT2D eigenvalue weighted by atomic mass is 10.0. The molecule has 2 rings (SSSR count). The van der Waals surface area contributed by atoms with Crippen LogP contribution in [0.25, 0.3) is 0 Å². The van der Waals surface area contributed by atoms with Crippen molar-refractivity contribution < 1.29 is 4.74 Å². The van der Waals surface area contributed by atoms with Gasteiger partial charge in [0.1, 0.15) is 0 Å². The largest absolute Gasteiger partial charge is 0.357 e. The molecule has 2 nitrogen and oxygen atoms in total. The number of rotatable bonds is 2. The summed E-state index contributed by atoms with van der Waals surface area (Å²) >= 11 is 0. The molecule has 1 N–H and O–H groups in total. The van der Waals surface area contributed by atoms with Gasteiger partial charge in [-0.05, 0) is 17.5 Å². The Kier molecular flexibility index (Phi) is 2.62. The third-order valence-electron chi connectivity index (χ3n) is 2.50. The molecule has 0 saturated carbocycles. The molecule has 1 unspecified atom stereocenters. The van der Waals surface area contributed by atoms with Gasteiger partial charge in [-0.2, -0.15) is 0 Å². The van der Waals surface area contributed by atoms with Crippen LogP contribution in [0, 0.1) is 0 Å². The summed E-state index contributed by atoms with van der Waals surface area (Å²) in [5, 5.41) is 3.20. The zero-order chi connectivity index (χ0) is 9.10. The van der Waals surface area contributed by atoms with E-state index in [4.69, 9.17) is 4.74 Å². The first-order valence-corrected chi connectivity index (χ1v) is 4.82. The van der Waals surface area contributed by atoms with Crippen molar-refractivity contribution in [3.05, 3.63) is 35.4 Å². The molecule has 1 saturated heterocycles. The van der Waals surface area contributed by atoms with Gasteiger partial charge in [0.25, 0.3) is 0 Å². The van der Waals surface area contributed by atoms with Crippen LogP contribution in [0.15, 0.2) is 24.3 Å². The van der Waals surface area contributed by atoms with Crippen molar-refractivity contribution in [2.45, 2.75) is 19.4 Å². The van der Waals surface area contributed by atoms with Gasteiger partial charge in [-0.1, -0.05) is 31.2 Å². The summed E-state index contributed by atoms with van der Waals surface area (Å²) in [6.07, 6.45) is 1.34. The third-order valence-corrected chi connectivity index (χ3v) is 2.50. The lowest BCUT2D eigenvalue weighted by molar-refractivity contribution is 0.113. The summed E-state index contributed by atoms with van der Waals surface area (Å²) in [7, 11) is 0. The van der Waals surface area contributed by atoms with E-state index in [9.17, 15) is 0 Å². The molecule has 1 aromatic rings. The van der Waals surface area contributed by atoms with Gasteiger partial charge in [0, 0.05) is 6.54 Å². The van der Waals surface area contributed by atoms with E-state index in [2.05, 4.69) is 36.5 Å². The molecular weight excluding hydrogens is 162 g/mol. The van der Waals surface area contributed by atoms with Crippen LogP contribution in [0.5, 0.6) is 0 Å². The van der Waals surface area contributed by atoms with Gasteiger partial charge in [0.15, 0.2) is 0 Å². The van der Waals surface area contributed by atoms with Crippen LogP contribution in [-0.2, 0) is 11.2 Å². The van der Waals surface area contributed by atoms with Crippen LogP contribution in [0.4, 0.5) is 0 Å². The maximum absolute atomic E-state index is 5.57. The predicted octanol–water partition coefficient (Wildman–Crippen LogP) is 1.87. The highest BCUT2D eigenvalue weighted by atomic mass is 16.5. The average molecular weight is 177 g/mol. The van der Waals surface area contributed by atoms with Gasteiger partial charge in [-0.15, -0.1) is 0 Å². The fourth-order valence-corrected chi connectivity index (χ4v) is 1.78. The van der Waals surface area contributed by atoms with Gasteiger partial charge in [0.2, 0.25) is 0 Å². The fraction of sp³-hybridized carbons (Fsp3) is 0.455. The molecule has 1 aliphatic heterocycles. The highest BCUT2D eigenvalue weighted by molar-refractivity contribution is 5.29. The first kappa shape index (κ1) is 8.73. The number of nitrogens with one attached hydrogen (secondary N) is 1. The second-order valence-corrected chi connectivity index (χ2v) is 3.31. The van der Waals surface area contributed by atoms with Gasteiger partial charge in [-0.25, -0.2) is 0 Å². The minimum Gasteiger partial charge on any atom is -0.357 e. The lowest BCUT2D eigenvalue weighted by Gasteiger charge is -2.12. The molecule has 1 heterocycles. The molecule has 0 spiro atoms. The molecule has 1 aliphatic rings. The summed E-state index contributed by atoms with van der Waals surface area (Å²) in [5.41, 5.74) is 2.74. The van der Waals surface area contributed by atoms with Crippen molar-refractivity contribution in [1.29, 1.82) is 0 Å². The maximum atomic E-state index is 5.57. The Hall–Kier alpha value is -0.860. The zero-order valence-corrected chi connectivity index (χ0v) is 7.92. The van der Waals surface area contributed by atoms with E-state index in [0.717, 1.165) is 13.0 Å². The molecule has 70 valence electrons. The minimum absolute atomic E-state index is 0.260. The van der Waals surface area contributed by atoms with Crippen LogP contribution in [-0.4, -0.2) is 13.3 Å². The summed E-state index contributed by atoms with van der Waals surface area (Å²) in [6, 6.07) is 8.51. The first-order valence-electron chi connectivity index (χ1n) is 4.82. The molecule has 0 aromatic heterocycles. The summed E-state index contributed by atoms with van der Waals surface area (Å²) in [4.78, 5) is 0. The smallest absolute Gasteiger partial charge is 0.0975 e. The fourth-order valence-electron chi connectivity index (χ4n) is 1.78. The topological polar surface area (TPSA) is 21.3 Å².